The summed E-state index contributed by atoms with van der Waals surface area (Å²) in [6.07, 6.45) is 0. The van der Waals surface area contributed by atoms with Crippen molar-refractivity contribution in [1.82, 2.24) is 18.3 Å². The molecule has 12 aromatic carbocycles. The van der Waals surface area contributed by atoms with E-state index in [9.17, 15) is 0 Å². The van der Waals surface area contributed by atoms with Gasteiger partial charge in [-0.15, -0.1) is 0 Å². The van der Waals surface area contributed by atoms with Gasteiger partial charge in [0.1, 0.15) is 0 Å². The Labute approximate surface area is 592 Å². The molecule has 0 aliphatic rings. The van der Waals surface area contributed by atoms with E-state index in [1.54, 1.807) is 0 Å². The highest BCUT2D eigenvalue weighted by Gasteiger charge is 2.32. The zero-order valence-electron chi connectivity index (χ0n) is 64.1. The van der Waals surface area contributed by atoms with Gasteiger partial charge in [0.05, 0.1) is 66.9 Å². The van der Waals surface area contributed by atoms with Crippen LogP contribution in [0.4, 0.5) is 0 Å². The smallest absolute Gasteiger partial charge is 0.0562 e. The van der Waals surface area contributed by atoms with Crippen molar-refractivity contribution in [2.24, 2.45) is 0 Å². The summed E-state index contributed by atoms with van der Waals surface area (Å²) in [6, 6.07) is 73.8. The third-order valence-electron chi connectivity index (χ3n) is 22.8. The number of hydrogen-bond acceptors (Lipinski definition) is 0. The van der Waals surface area contributed by atoms with Crippen LogP contribution in [0.2, 0.25) is 0 Å². The van der Waals surface area contributed by atoms with Gasteiger partial charge in [0, 0.05) is 75.4 Å². The summed E-state index contributed by atoms with van der Waals surface area (Å²) in [7, 11) is 0. The van der Waals surface area contributed by atoms with E-state index >= 15 is 0 Å². The van der Waals surface area contributed by atoms with Crippen molar-refractivity contribution >= 4 is 120 Å². The number of benzene rings is 12. The van der Waals surface area contributed by atoms with Crippen LogP contribution >= 0.6 is 0 Å². The first-order valence-corrected chi connectivity index (χ1v) is 36.8. The zero-order valence-corrected chi connectivity index (χ0v) is 64.1. The van der Waals surface area contributed by atoms with Crippen molar-refractivity contribution in [2.75, 3.05) is 0 Å². The van der Waals surface area contributed by atoms with Crippen LogP contribution in [0.1, 0.15) is 211 Å². The Morgan fingerprint density at radius 3 is 0.400 bits per heavy atom. The van der Waals surface area contributed by atoms with Crippen LogP contribution < -0.4 is 0 Å². The number of hydrogen-bond donors (Lipinski definition) is 0. The molecular formula is C96H102N4. The van der Waals surface area contributed by atoms with Gasteiger partial charge in [-0.2, -0.15) is 0 Å². The largest absolute Gasteiger partial charge is 0.309 e. The Hall–Kier alpha value is -9.12. The van der Waals surface area contributed by atoms with Crippen molar-refractivity contribution in [3.05, 3.63) is 226 Å². The molecule has 0 bridgehead atoms. The summed E-state index contributed by atoms with van der Waals surface area (Å²) < 4.78 is 10.6. The third kappa shape index (κ3) is 10.1. The molecule has 0 spiro atoms. The highest BCUT2D eigenvalue weighted by molar-refractivity contribution is 6.31. The highest BCUT2D eigenvalue weighted by Crippen LogP contribution is 2.52. The molecule has 0 unspecified atom stereocenters. The van der Waals surface area contributed by atoms with E-state index < -0.39 is 0 Å². The third-order valence-corrected chi connectivity index (χ3v) is 22.8. The van der Waals surface area contributed by atoms with Crippen LogP contribution in [0.25, 0.3) is 142 Å². The average Bonchev–Trinajstić information content (AvgIpc) is 1.19. The normalized spacial score (nSPS) is 13.8. The molecule has 16 rings (SSSR count). The summed E-state index contributed by atoms with van der Waals surface area (Å²) in [5, 5.41) is 17.6. The van der Waals surface area contributed by atoms with E-state index in [-0.39, 0.29) is 43.3 Å². The van der Waals surface area contributed by atoms with Gasteiger partial charge in [-0.05, 0) is 197 Å². The molecule has 4 heterocycles. The molecule has 0 N–H and O–H groups in total. The lowest BCUT2D eigenvalue weighted by Gasteiger charge is -2.25. The fourth-order valence-electron chi connectivity index (χ4n) is 16.5. The second-order valence-corrected chi connectivity index (χ2v) is 38.1. The molecule has 0 amide bonds. The van der Waals surface area contributed by atoms with Crippen LogP contribution in [0.15, 0.2) is 182 Å². The van der Waals surface area contributed by atoms with Crippen molar-refractivity contribution in [1.29, 1.82) is 0 Å². The lowest BCUT2D eigenvalue weighted by molar-refractivity contribution is 0.590. The summed E-state index contributed by atoms with van der Waals surface area (Å²) in [5.74, 6) is 0. The first kappa shape index (κ1) is 65.5. The molecular weight excluding hydrogens is 1210 g/mol. The predicted molar refractivity (Wildman–Crippen MR) is 437 cm³/mol. The second kappa shape index (κ2) is 21.2. The molecule has 4 aromatic heterocycles. The van der Waals surface area contributed by atoms with Crippen molar-refractivity contribution in [2.45, 2.75) is 209 Å². The van der Waals surface area contributed by atoms with Gasteiger partial charge in [0.15, 0.2) is 0 Å². The van der Waals surface area contributed by atoms with Gasteiger partial charge in [0.25, 0.3) is 0 Å². The lowest BCUT2D eigenvalue weighted by atomic mass is 9.85. The minimum Gasteiger partial charge on any atom is -0.309 e. The Kier molecular flexibility index (Phi) is 13.9. The van der Waals surface area contributed by atoms with E-state index in [0.29, 0.717) is 0 Å². The monoisotopic (exact) mass is 1310 g/mol. The van der Waals surface area contributed by atoms with Crippen LogP contribution in [0, 0.1) is 0 Å². The van der Waals surface area contributed by atoms with Crippen LogP contribution in [0.3, 0.4) is 0 Å². The van der Waals surface area contributed by atoms with Gasteiger partial charge in [-0.25, -0.2) is 0 Å². The molecule has 0 aliphatic heterocycles. The zero-order chi connectivity index (χ0) is 71.2. The minimum absolute atomic E-state index is 0.0592. The van der Waals surface area contributed by atoms with Gasteiger partial charge in [-0.1, -0.05) is 239 Å². The maximum absolute atomic E-state index is 2.64. The SMILES string of the molecule is CC(C)(C)c1ccc2c(c1)c1cc(C(C)(C)C)ccc1n2-c1cc(-n2c3ccc(C(C)(C)C)cc3c3cc(C(C)(C)C)ccc32)c2ccc3c(-n4c5ccc(C(C)(C)C)cc5c5cc(C(C)(C)C)ccc54)cc(-n4c5ccc(C(C)(C)C)cc5c5cc(C(C)(C)C)ccc54)c4ccc1c2c43. The summed E-state index contributed by atoms with van der Waals surface area (Å²) in [4.78, 5) is 0. The van der Waals surface area contributed by atoms with Gasteiger partial charge in [0.2, 0.25) is 0 Å². The van der Waals surface area contributed by atoms with Crippen LogP contribution in [-0.4, -0.2) is 18.3 Å². The quantitative estimate of drug-likeness (QED) is 0.157. The van der Waals surface area contributed by atoms with Gasteiger partial charge >= 0.3 is 0 Å². The number of aromatic nitrogens is 4. The first-order valence-electron chi connectivity index (χ1n) is 36.8. The lowest BCUT2D eigenvalue weighted by Crippen LogP contribution is -2.10. The van der Waals surface area contributed by atoms with Crippen molar-refractivity contribution in [3.63, 3.8) is 0 Å². The van der Waals surface area contributed by atoms with E-state index in [1.165, 1.54) is 164 Å². The Morgan fingerprint density at radius 1 is 0.150 bits per heavy atom. The summed E-state index contributed by atoms with van der Waals surface area (Å²) in [5.41, 5.74) is 24.4. The van der Waals surface area contributed by atoms with E-state index in [1.807, 2.05) is 0 Å². The van der Waals surface area contributed by atoms with Gasteiger partial charge < -0.3 is 18.3 Å². The first-order chi connectivity index (χ1) is 46.6. The van der Waals surface area contributed by atoms with Gasteiger partial charge in [-0.3, -0.25) is 0 Å². The molecule has 4 heteroatoms. The number of rotatable bonds is 4. The van der Waals surface area contributed by atoms with Crippen LogP contribution in [0.5, 0.6) is 0 Å². The molecule has 16 aromatic rings. The minimum atomic E-state index is -0.0592. The Bertz CT molecular complexity index is 5100. The summed E-state index contributed by atoms with van der Waals surface area (Å²) >= 11 is 0. The number of fused-ring (bicyclic) bond motifs is 12. The maximum Gasteiger partial charge on any atom is 0.0562 e. The Balaban J connectivity index is 1.15. The molecule has 0 atom stereocenters. The molecule has 0 radical (unpaired) electrons. The van der Waals surface area contributed by atoms with Crippen LogP contribution in [-0.2, 0) is 43.3 Å². The maximum atomic E-state index is 2.64. The molecule has 4 nitrogen and oxygen atoms in total. The predicted octanol–water partition coefficient (Wildman–Crippen LogP) is 27.4. The van der Waals surface area contributed by atoms with E-state index in [0.717, 1.165) is 22.7 Å². The topological polar surface area (TPSA) is 19.7 Å². The average molecular weight is 1310 g/mol. The standard InChI is InChI=1S/C96H102N4/c1-89(2,3)55-25-37-75-67(45-55)68-46-56(90(4,5)6)26-38-76(68)97(75)83-53-84(98-77-39-27-57(91(7,8)9)47-69(77)70-48-58(92(10,11)12)28-40-78(70)98)64-35-36-66-86(100-81-43-31-61(95(19,20)21)51-73(81)74-52-62(96(22,23)24)32-44-82(74)100)54-85(65-34-33-63(83)87(64)88(65)66)99-79-41-29-59(93(13,14)15)49-71(79)72-50-60(94(16,17)18)30-42-80(72)99/h25-54H,1-24H3. The number of nitrogens with zero attached hydrogens (tertiary/aromatic N) is 4. The fraction of sp³-hybridized carbons (Fsp3) is 0.333. The molecule has 0 saturated carbocycles. The van der Waals surface area contributed by atoms with E-state index in [4.69, 9.17) is 0 Å². The fourth-order valence-corrected chi connectivity index (χ4v) is 16.5. The highest BCUT2D eigenvalue weighted by atomic mass is 15.0. The molecule has 100 heavy (non-hydrogen) atoms. The van der Waals surface area contributed by atoms with E-state index in [2.05, 4.69) is 366 Å². The molecule has 0 saturated heterocycles. The molecule has 0 fully saturated rings. The van der Waals surface area contributed by atoms with Crippen molar-refractivity contribution < 1.29 is 0 Å². The second-order valence-electron chi connectivity index (χ2n) is 38.1. The summed E-state index contributed by atoms with van der Waals surface area (Å²) in [6.45, 7) is 56.4. The Morgan fingerprint density at radius 2 is 0.280 bits per heavy atom. The molecule has 506 valence electrons. The molecule has 0 aliphatic carbocycles. The van der Waals surface area contributed by atoms with Crippen molar-refractivity contribution in [3.8, 4) is 22.7 Å².